The van der Waals surface area contributed by atoms with E-state index in [1.54, 1.807) is 0 Å². The number of rotatable bonds is 4. The van der Waals surface area contributed by atoms with E-state index >= 15 is 0 Å². The van der Waals surface area contributed by atoms with Crippen LogP contribution in [-0.4, -0.2) is 0 Å². The van der Waals surface area contributed by atoms with E-state index in [-0.39, 0.29) is 5.38 Å². The fourth-order valence-corrected chi connectivity index (χ4v) is 2.83. The molecule has 0 aliphatic heterocycles. The molecule has 94 valence electrons. The van der Waals surface area contributed by atoms with Crippen molar-refractivity contribution in [2.75, 3.05) is 0 Å². The van der Waals surface area contributed by atoms with Gasteiger partial charge in [0.15, 0.2) is 0 Å². The predicted molar refractivity (Wildman–Crippen MR) is 79.3 cm³/mol. The lowest BCUT2D eigenvalue weighted by Gasteiger charge is -2.25. The first-order valence-corrected chi connectivity index (χ1v) is 6.84. The van der Waals surface area contributed by atoms with Crippen molar-refractivity contribution in [3.05, 3.63) is 71.8 Å². The maximum absolute atomic E-state index is 6.62. The summed E-state index contributed by atoms with van der Waals surface area (Å²) in [4.78, 5) is -0.441. The van der Waals surface area contributed by atoms with Crippen LogP contribution in [-0.2, 0) is 4.87 Å². The number of benzene rings is 2. The quantitative estimate of drug-likeness (QED) is 0.647. The van der Waals surface area contributed by atoms with Crippen LogP contribution in [0.5, 0.6) is 0 Å². The Morgan fingerprint density at radius 3 is 2.00 bits per heavy atom. The Morgan fingerprint density at radius 1 is 0.944 bits per heavy atom. The second-order valence-electron chi connectivity index (χ2n) is 4.65. The van der Waals surface area contributed by atoms with E-state index in [2.05, 4.69) is 0 Å². The molecule has 0 saturated carbocycles. The second-order valence-corrected chi connectivity index (χ2v) is 6.01. The molecule has 18 heavy (non-hydrogen) atoms. The lowest BCUT2D eigenvalue weighted by molar-refractivity contribution is 0.596. The summed E-state index contributed by atoms with van der Waals surface area (Å²) >= 11 is 13.1. The van der Waals surface area contributed by atoms with Crippen LogP contribution in [0.4, 0.5) is 0 Å². The van der Waals surface area contributed by atoms with Crippen LogP contribution in [0.1, 0.15) is 29.8 Å². The third kappa shape index (κ3) is 3.28. The van der Waals surface area contributed by atoms with Crippen molar-refractivity contribution in [2.24, 2.45) is 0 Å². The lowest BCUT2D eigenvalue weighted by atomic mass is 9.93. The van der Waals surface area contributed by atoms with Crippen LogP contribution in [0, 0.1) is 0 Å². The molecule has 2 aromatic carbocycles. The van der Waals surface area contributed by atoms with Gasteiger partial charge in [-0.15, -0.1) is 23.2 Å². The molecule has 2 aromatic rings. The maximum atomic E-state index is 6.62. The lowest BCUT2D eigenvalue weighted by Crippen LogP contribution is -2.16. The van der Waals surface area contributed by atoms with Gasteiger partial charge in [-0.05, 0) is 24.5 Å². The van der Waals surface area contributed by atoms with E-state index in [1.165, 1.54) is 0 Å². The van der Waals surface area contributed by atoms with Crippen molar-refractivity contribution in [1.29, 1.82) is 0 Å². The maximum Gasteiger partial charge on any atom is 0.0684 e. The molecule has 0 nitrogen and oxygen atoms in total. The Hall–Kier alpha value is -0.980. The molecule has 0 heterocycles. The normalized spacial score (nSPS) is 15.9. The van der Waals surface area contributed by atoms with Crippen molar-refractivity contribution in [3.63, 3.8) is 0 Å². The minimum Gasteiger partial charge on any atom is -0.118 e. The van der Waals surface area contributed by atoms with Crippen LogP contribution < -0.4 is 0 Å². The Balaban J connectivity index is 2.14. The molecule has 2 heteroatoms. The van der Waals surface area contributed by atoms with Gasteiger partial charge in [0.25, 0.3) is 0 Å². The third-order valence-electron chi connectivity index (χ3n) is 3.10. The standard InChI is InChI=1S/C16H16Cl2/c1-16(18,14-10-6-3-7-11-14)12-15(17)13-8-4-2-5-9-13/h2-11,15H,12H2,1H3. The van der Waals surface area contributed by atoms with Gasteiger partial charge in [-0.1, -0.05) is 60.7 Å². The molecule has 2 unspecified atom stereocenters. The van der Waals surface area contributed by atoms with Crippen molar-refractivity contribution >= 4 is 23.2 Å². The molecule has 2 atom stereocenters. The zero-order chi connectivity index (χ0) is 13.0. The zero-order valence-electron chi connectivity index (χ0n) is 10.3. The van der Waals surface area contributed by atoms with E-state index in [4.69, 9.17) is 23.2 Å². The Morgan fingerprint density at radius 2 is 1.44 bits per heavy atom. The molecule has 0 radical (unpaired) electrons. The van der Waals surface area contributed by atoms with Crippen LogP contribution in [0.2, 0.25) is 0 Å². The van der Waals surface area contributed by atoms with Crippen molar-refractivity contribution in [1.82, 2.24) is 0 Å². The number of hydrogen-bond donors (Lipinski definition) is 0. The van der Waals surface area contributed by atoms with Gasteiger partial charge in [0.1, 0.15) is 0 Å². The topological polar surface area (TPSA) is 0 Å². The van der Waals surface area contributed by atoms with Gasteiger partial charge in [0.05, 0.1) is 10.3 Å². The molecule has 0 N–H and O–H groups in total. The SMILES string of the molecule is CC(Cl)(CC(Cl)c1ccccc1)c1ccccc1. The summed E-state index contributed by atoms with van der Waals surface area (Å²) in [6.45, 7) is 2.02. The number of halogens is 2. The molecule has 0 aliphatic carbocycles. The highest BCUT2D eigenvalue weighted by Crippen LogP contribution is 2.40. The smallest absolute Gasteiger partial charge is 0.0684 e. The monoisotopic (exact) mass is 278 g/mol. The molecule has 0 fully saturated rings. The number of alkyl halides is 2. The fourth-order valence-electron chi connectivity index (χ4n) is 2.02. The molecule has 2 rings (SSSR count). The third-order valence-corrected chi connectivity index (χ3v) is 3.88. The highest BCUT2D eigenvalue weighted by molar-refractivity contribution is 6.25. The average molecular weight is 279 g/mol. The Bertz CT molecular complexity index is 477. The molecule has 0 saturated heterocycles. The van der Waals surface area contributed by atoms with Crippen LogP contribution in [0.3, 0.4) is 0 Å². The van der Waals surface area contributed by atoms with E-state index in [1.807, 2.05) is 67.6 Å². The van der Waals surface area contributed by atoms with Gasteiger partial charge in [-0.3, -0.25) is 0 Å². The first kappa shape index (κ1) is 13.5. The highest BCUT2D eigenvalue weighted by atomic mass is 35.5. The number of hydrogen-bond acceptors (Lipinski definition) is 0. The van der Waals surface area contributed by atoms with Crippen molar-refractivity contribution in [3.8, 4) is 0 Å². The summed E-state index contributed by atoms with van der Waals surface area (Å²) in [6, 6.07) is 20.1. The van der Waals surface area contributed by atoms with E-state index < -0.39 is 4.87 Å². The van der Waals surface area contributed by atoms with Gasteiger partial charge in [0, 0.05) is 0 Å². The summed E-state index contributed by atoms with van der Waals surface area (Å²) in [5.74, 6) is 0. The molecule has 0 bridgehead atoms. The van der Waals surface area contributed by atoms with Gasteiger partial charge < -0.3 is 0 Å². The molecule has 0 spiro atoms. The Labute approximate surface area is 119 Å². The average Bonchev–Trinajstić information content (AvgIpc) is 2.40. The second kappa shape index (κ2) is 5.77. The summed E-state index contributed by atoms with van der Waals surface area (Å²) < 4.78 is 0. The largest absolute Gasteiger partial charge is 0.118 e. The van der Waals surface area contributed by atoms with Crippen LogP contribution in [0.25, 0.3) is 0 Å². The predicted octanol–water partition coefficient (Wildman–Crippen LogP) is 5.51. The van der Waals surface area contributed by atoms with Gasteiger partial charge >= 0.3 is 0 Å². The van der Waals surface area contributed by atoms with Gasteiger partial charge in [-0.2, -0.15) is 0 Å². The highest BCUT2D eigenvalue weighted by Gasteiger charge is 2.27. The Kier molecular flexibility index (Phi) is 4.31. The van der Waals surface area contributed by atoms with E-state index in [9.17, 15) is 0 Å². The van der Waals surface area contributed by atoms with Gasteiger partial charge in [-0.25, -0.2) is 0 Å². The van der Waals surface area contributed by atoms with Gasteiger partial charge in [0.2, 0.25) is 0 Å². The first-order valence-electron chi connectivity index (χ1n) is 6.03. The molecule has 0 aliphatic rings. The first-order chi connectivity index (χ1) is 8.59. The molecule has 0 aromatic heterocycles. The zero-order valence-corrected chi connectivity index (χ0v) is 11.8. The molecule has 0 amide bonds. The summed E-state index contributed by atoms with van der Waals surface area (Å²) in [5.41, 5.74) is 2.22. The molecular weight excluding hydrogens is 263 g/mol. The summed E-state index contributed by atoms with van der Waals surface area (Å²) in [7, 11) is 0. The summed E-state index contributed by atoms with van der Waals surface area (Å²) in [6.07, 6.45) is 0.699. The summed E-state index contributed by atoms with van der Waals surface area (Å²) in [5, 5.41) is -0.0751. The molecular formula is C16H16Cl2. The minimum atomic E-state index is -0.441. The van der Waals surface area contributed by atoms with Crippen molar-refractivity contribution in [2.45, 2.75) is 23.6 Å². The fraction of sp³-hybridized carbons (Fsp3) is 0.250. The minimum absolute atomic E-state index is 0.0751. The van der Waals surface area contributed by atoms with E-state index in [0.29, 0.717) is 6.42 Å². The van der Waals surface area contributed by atoms with E-state index in [0.717, 1.165) is 11.1 Å². The van der Waals surface area contributed by atoms with Crippen LogP contribution in [0.15, 0.2) is 60.7 Å². The van der Waals surface area contributed by atoms with Crippen molar-refractivity contribution < 1.29 is 0 Å². The van der Waals surface area contributed by atoms with Crippen LogP contribution >= 0.6 is 23.2 Å².